The topological polar surface area (TPSA) is 75.3 Å². The van der Waals surface area contributed by atoms with E-state index in [0.717, 1.165) is 37.8 Å². The molecule has 2 aromatic rings. The predicted octanol–water partition coefficient (Wildman–Crippen LogP) is 4.59. The highest BCUT2D eigenvalue weighted by Crippen LogP contribution is 2.26. The van der Waals surface area contributed by atoms with Gasteiger partial charge < -0.3 is 5.32 Å². The van der Waals surface area contributed by atoms with E-state index in [2.05, 4.69) is 10.0 Å². The van der Waals surface area contributed by atoms with E-state index in [1.54, 1.807) is 18.2 Å². The molecule has 0 spiro atoms. The van der Waals surface area contributed by atoms with Gasteiger partial charge in [-0.15, -0.1) is 0 Å². The summed E-state index contributed by atoms with van der Waals surface area (Å²) in [6.45, 7) is 2.01. The number of benzene rings is 2. The zero-order chi connectivity index (χ0) is 20.3. The minimum atomic E-state index is -3.86. The van der Waals surface area contributed by atoms with E-state index in [1.807, 2.05) is 6.92 Å². The fraction of sp³-hybridized carbons (Fsp3) is 0.350. The van der Waals surface area contributed by atoms with Crippen molar-refractivity contribution in [3.63, 3.8) is 0 Å². The first-order chi connectivity index (χ1) is 13.3. The number of hydrogen-bond acceptors (Lipinski definition) is 3. The Morgan fingerprint density at radius 2 is 1.89 bits per heavy atom. The normalized spacial score (nSPS) is 20.0. The minimum absolute atomic E-state index is 0.136. The molecule has 0 radical (unpaired) electrons. The molecule has 0 aromatic heterocycles. The van der Waals surface area contributed by atoms with Gasteiger partial charge in [-0.05, 0) is 55.2 Å². The third-order valence-corrected chi connectivity index (χ3v) is 6.72. The third-order valence-electron chi connectivity index (χ3n) is 4.99. The van der Waals surface area contributed by atoms with Gasteiger partial charge in [0.05, 0.1) is 10.5 Å². The van der Waals surface area contributed by atoms with Gasteiger partial charge in [0.15, 0.2) is 0 Å². The maximum Gasteiger partial charge on any atom is 0.258 e. The van der Waals surface area contributed by atoms with Crippen LogP contribution in [0.15, 0.2) is 47.4 Å². The van der Waals surface area contributed by atoms with Crippen LogP contribution in [0.5, 0.6) is 0 Å². The number of carbonyl (C=O) groups excluding carboxylic acids is 1. The summed E-state index contributed by atoms with van der Waals surface area (Å²) in [4.78, 5) is 12.3. The highest BCUT2D eigenvalue weighted by Gasteiger charge is 2.27. The highest BCUT2D eigenvalue weighted by molar-refractivity contribution is 7.89. The number of amides is 1. The van der Waals surface area contributed by atoms with Crippen LogP contribution in [0.2, 0.25) is 5.02 Å². The van der Waals surface area contributed by atoms with Crippen molar-refractivity contribution in [1.29, 1.82) is 0 Å². The Balaban J connectivity index is 1.82. The van der Waals surface area contributed by atoms with Crippen molar-refractivity contribution in [2.75, 3.05) is 5.32 Å². The Morgan fingerprint density at radius 1 is 1.14 bits per heavy atom. The monoisotopic (exact) mass is 424 g/mol. The van der Waals surface area contributed by atoms with Crippen molar-refractivity contribution < 1.29 is 17.6 Å². The van der Waals surface area contributed by atoms with E-state index in [1.165, 1.54) is 12.1 Å². The quantitative estimate of drug-likeness (QED) is 0.737. The number of sulfonamides is 1. The molecule has 2 N–H and O–H groups in total. The van der Waals surface area contributed by atoms with Crippen LogP contribution < -0.4 is 10.0 Å². The molecule has 2 atom stereocenters. The molecular formula is C20H22ClFN2O3S. The van der Waals surface area contributed by atoms with E-state index in [-0.39, 0.29) is 22.4 Å². The molecule has 0 aliphatic heterocycles. The lowest BCUT2D eigenvalue weighted by Crippen LogP contribution is -2.41. The number of carbonyl (C=O) groups is 1. The van der Waals surface area contributed by atoms with E-state index in [0.29, 0.717) is 10.7 Å². The van der Waals surface area contributed by atoms with Gasteiger partial charge >= 0.3 is 0 Å². The van der Waals surface area contributed by atoms with Crippen LogP contribution in [0.1, 0.15) is 43.0 Å². The summed E-state index contributed by atoms with van der Waals surface area (Å²) >= 11 is 5.88. The molecule has 0 heterocycles. The second kappa shape index (κ2) is 8.59. The van der Waals surface area contributed by atoms with Gasteiger partial charge in [0.25, 0.3) is 5.91 Å². The average Bonchev–Trinajstić information content (AvgIpc) is 2.63. The fourth-order valence-corrected chi connectivity index (χ4v) is 4.96. The Kier molecular flexibility index (Phi) is 6.37. The number of rotatable bonds is 5. The number of halogens is 2. The lowest BCUT2D eigenvalue weighted by atomic mass is 9.87. The van der Waals surface area contributed by atoms with Gasteiger partial charge in [-0.25, -0.2) is 17.5 Å². The van der Waals surface area contributed by atoms with Crippen molar-refractivity contribution in [3.05, 3.63) is 58.9 Å². The first-order valence-corrected chi connectivity index (χ1v) is 11.0. The largest absolute Gasteiger partial charge is 0.322 e. The molecule has 2 unspecified atom stereocenters. The molecule has 2 aromatic carbocycles. The number of hydrogen-bond donors (Lipinski definition) is 2. The number of anilines is 1. The van der Waals surface area contributed by atoms with Gasteiger partial charge in [-0.1, -0.05) is 37.4 Å². The van der Waals surface area contributed by atoms with Crippen LogP contribution in [0.4, 0.5) is 10.1 Å². The molecule has 1 aliphatic carbocycles. The molecule has 5 nitrogen and oxygen atoms in total. The van der Waals surface area contributed by atoms with Crippen molar-refractivity contribution in [1.82, 2.24) is 4.72 Å². The molecule has 1 saturated carbocycles. The van der Waals surface area contributed by atoms with E-state index >= 15 is 0 Å². The number of nitrogens with one attached hydrogen (secondary N) is 2. The molecule has 1 amide bonds. The second-order valence-corrected chi connectivity index (χ2v) is 9.25. The molecule has 0 bridgehead atoms. The van der Waals surface area contributed by atoms with E-state index in [4.69, 9.17) is 11.6 Å². The zero-order valence-corrected chi connectivity index (χ0v) is 17.0. The van der Waals surface area contributed by atoms with E-state index in [9.17, 15) is 17.6 Å². The molecule has 1 aliphatic rings. The fourth-order valence-electron chi connectivity index (χ4n) is 3.37. The van der Waals surface area contributed by atoms with Crippen molar-refractivity contribution in [2.24, 2.45) is 5.92 Å². The van der Waals surface area contributed by atoms with Crippen molar-refractivity contribution in [3.8, 4) is 0 Å². The van der Waals surface area contributed by atoms with Crippen LogP contribution in [0.3, 0.4) is 0 Å². The summed E-state index contributed by atoms with van der Waals surface area (Å²) in [5.41, 5.74) is 0.0406. The molecule has 150 valence electrons. The Morgan fingerprint density at radius 3 is 2.61 bits per heavy atom. The summed E-state index contributed by atoms with van der Waals surface area (Å²) in [7, 11) is -3.86. The van der Waals surface area contributed by atoms with Crippen LogP contribution >= 0.6 is 11.6 Å². The Hall–Kier alpha value is -1.96. The molecule has 1 fully saturated rings. The molecule has 0 saturated heterocycles. The van der Waals surface area contributed by atoms with Gasteiger partial charge in [-0.2, -0.15) is 0 Å². The second-order valence-electron chi connectivity index (χ2n) is 7.10. The molecule has 28 heavy (non-hydrogen) atoms. The van der Waals surface area contributed by atoms with Crippen molar-refractivity contribution in [2.45, 2.75) is 43.5 Å². The van der Waals surface area contributed by atoms with Gasteiger partial charge in [0, 0.05) is 16.8 Å². The van der Waals surface area contributed by atoms with Gasteiger partial charge in [0.2, 0.25) is 10.0 Å². The summed E-state index contributed by atoms with van der Waals surface area (Å²) in [5, 5.41) is 2.95. The minimum Gasteiger partial charge on any atom is -0.322 e. The molecular weight excluding hydrogens is 403 g/mol. The molecule has 3 rings (SSSR count). The maximum absolute atomic E-state index is 14.2. The lowest BCUT2D eigenvalue weighted by molar-refractivity contribution is 0.102. The maximum atomic E-state index is 14.2. The van der Waals surface area contributed by atoms with Crippen LogP contribution in [-0.2, 0) is 10.0 Å². The smallest absolute Gasteiger partial charge is 0.258 e. The summed E-state index contributed by atoms with van der Waals surface area (Å²) in [5.74, 6) is -1.32. The summed E-state index contributed by atoms with van der Waals surface area (Å²) in [6.07, 6.45) is 3.78. The summed E-state index contributed by atoms with van der Waals surface area (Å²) < 4.78 is 42.4. The zero-order valence-electron chi connectivity index (χ0n) is 15.4. The highest BCUT2D eigenvalue weighted by atomic mass is 35.5. The van der Waals surface area contributed by atoms with Crippen molar-refractivity contribution >= 4 is 33.2 Å². The summed E-state index contributed by atoms with van der Waals surface area (Å²) in [6, 6.07) is 9.47. The Bertz CT molecular complexity index is 981. The molecule has 8 heteroatoms. The van der Waals surface area contributed by atoms with Gasteiger partial charge in [-0.3, -0.25) is 4.79 Å². The first-order valence-electron chi connectivity index (χ1n) is 9.15. The van der Waals surface area contributed by atoms with E-state index < -0.39 is 21.7 Å². The Labute approximate surface area is 169 Å². The standard InChI is InChI=1S/C20H22ClFN2O3S/c1-13-5-2-3-8-19(13)24-28(26,27)16-9-10-18(22)17(12-16)20(25)23-15-7-4-6-14(21)11-15/h4,6-7,9-13,19,24H,2-3,5,8H2,1H3,(H,23,25). The third kappa shape index (κ3) is 4.90. The first kappa shape index (κ1) is 20.8. The van der Waals surface area contributed by atoms with Crippen LogP contribution in [0, 0.1) is 11.7 Å². The SMILES string of the molecule is CC1CCCCC1NS(=O)(=O)c1ccc(F)c(C(=O)Nc2cccc(Cl)c2)c1. The average molecular weight is 425 g/mol. The van der Waals surface area contributed by atoms with Crippen LogP contribution in [-0.4, -0.2) is 20.4 Å². The van der Waals surface area contributed by atoms with Crippen LogP contribution in [0.25, 0.3) is 0 Å². The van der Waals surface area contributed by atoms with Gasteiger partial charge in [0.1, 0.15) is 5.82 Å². The lowest BCUT2D eigenvalue weighted by Gasteiger charge is -2.29. The predicted molar refractivity (Wildman–Crippen MR) is 108 cm³/mol.